The smallest absolute Gasteiger partial charge is 0.416 e. The van der Waals surface area contributed by atoms with Gasteiger partial charge in [0.05, 0.1) is 41.2 Å². The van der Waals surface area contributed by atoms with Crippen molar-refractivity contribution in [3.05, 3.63) is 71.5 Å². The standard InChI is InChI=1S/C20H18F3N3O3S/c1-13-7-8-24-18(9-13)19-11-16(29-2)10-15(26-19)12-25-30(27,28)17-5-3-14(4-6-17)20(21,22)23/h3-11,25H,12H2,1-2H3. The number of alkyl halides is 3. The van der Waals surface area contributed by atoms with Crippen molar-refractivity contribution in [2.24, 2.45) is 0 Å². The Morgan fingerprint density at radius 2 is 1.73 bits per heavy atom. The number of benzene rings is 1. The Bertz CT molecular complexity index is 1150. The molecule has 0 bridgehead atoms. The number of nitrogens with zero attached hydrogens (tertiary/aromatic N) is 2. The van der Waals surface area contributed by atoms with E-state index in [-0.39, 0.29) is 11.4 Å². The van der Waals surface area contributed by atoms with Crippen LogP contribution in [0.1, 0.15) is 16.8 Å². The summed E-state index contributed by atoms with van der Waals surface area (Å²) in [7, 11) is -2.57. The predicted molar refractivity (Wildman–Crippen MR) is 104 cm³/mol. The monoisotopic (exact) mass is 437 g/mol. The quantitative estimate of drug-likeness (QED) is 0.631. The van der Waals surface area contributed by atoms with E-state index in [2.05, 4.69) is 14.7 Å². The van der Waals surface area contributed by atoms with Crippen molar-refractivity contribution in [3.8, 4) is 17.1 Å². The number of hydrogen-bond donors (Lipinski definition) is 1. The van der Waals surface area contributed by atoms with Gasteiger partial charge in [-0.05, 0) is 48.9 Å². The summed E-state index contributed by atoms with van der Waals surface area (Å²) in [6.45, 7) is 1.73. The van der Waals surface area contributed by atoms with E-state index in [1.807, 2.05) is 19.1 Å². The van der Waals surface area contributed by atoms with Crippen LogP contribution in [0.2, 0.25) is 0 Å². The van der Waals surface area contributed by atoms with E-state index >= 15 is 0 Å². The minimum Gasteiger partial charge on any atom is -0.497 e. The lowest BCUT2D eigenvalue weighted by atomic mass is 10.2. The molecule has 10 heteroatoms. The first kappa shape index (κ1) is 21.7. The third-order valence-electron chi connectivity index (χ3n) is 4.20. The van der Waals surface area contributed by atoms with Crippen LogP contribution in [0.25, 0.3) is 11.4 Å². The summed E-state index contributed by atoms with van der Waals surface area (Å²) in [6.07, 6.45) is -2.90. The number of ether oxygens (including phenoxy) is 1. The molecule has 0 saturated carbocycles. The molecule has 30 heavy (non-hydrogen) atoms. The van der Waals surface area contributed by atoms with Crippen LogP contribution in [-0.2, 0) is 22.7 Å². The molecule has 0 saturated heterocycles. The average Bonchev–Trinajstić information content (AvgIpc) is 2.71. The Balaban J connectivity index is 1.83. The number of hydrogen-bond acceptors (Lipinski definition) is 5. The second-order valence-electron chi connectivity index (χ2n) is 6.45. The molecule has 3 rings (SSSR count). The lowest BCUT2D eigenvalue weighted by Gasteiger charge is -2.11. The summed E-state index contributed by atoms with van der Waals surface area (Å²) in [4.78, 5) is 8.40. The lowest BCUT2D eigenvalue weighted by Crippen LogP contribution is -2.24. The number of nitrogens with one attached hydrogen (secondary N) is 1. The first-order chi connectivity index (χ1) is 14.1. The molecule has 3 aromatic rings. The molecular weight excluding hydrogens is 419 g/mol. The highest BCUT2D eigenvalue weighted by atomic mass is 32.2. The van der Waals surface area contributed by atoms with E-state index in [9.17, 15) is 21.6 Å². The van der Waals surface area contributed by atoms with Crippen molar-refractivity contribution in [1.29, 1.82) is 0 Å². The molecule has 0 aliphatic carbocycles. The van der Waals surface area contributed by atoms with Gasteiger partial charge in [0, 0.05) is 18.3 Å². The largest absolute Gasteiger partial charge is 0.497 e. The summed E-state index contributed by atoms with van der Waals surface area (Å²) in [5.74, 6) is 0.465. The molecule has 0 aliphatic heterocycles. The third-order valence-corrected chi connectivity index (χ3v) is 5.62. The highest BCUT2D eigenvalue weighted by Crippen LogP contribution is 2.29. The number of aromatic nitrogens is 2. The van der Waals surface area contributed by atoms with Crippen LogP contribution >= 0.6 is 0 Å². The lowest BCUT2D eigenvalue weighted by molar-refractivity contribution is -0.137. The molecule has 1 N–H and O–H groups in total. The number of aryl methyl sites for hydroxylation is 1. The molecule has 0 spiro atoms. The van der Waals surface area contributed by atoms with Gasteiger partial charge in [-0.1, -0.05) is 0 Å². The van der Waals surface area contributed by atoms with Crippen molar-refractivity contribution in [3.63, 3.8) is 0 Å². The Kier molecular flexibility index (Phi) is 6.09. The highest BCUT2D eigenvalue weighted by molar-refractivity contribution is 7.89. The van der Waals surface area contributed by atoms with Crippen molar-refractivity contribution in [1.82, 2.24) is 14.7 Å². The summed E-state index contributed by atoms with van der Waals surface area (Å²) >= 11 is 0. The third kappa shape index (κ3) is 5.14. The Morgan fingerprint density at radius 1 is 1.03 bits per heavy atom. The van der Waals surface area contributed by atoms with Gasteiger partial charge in [0.15, 0.2) is 0 Å². The van der Waals surface area contributed by atoms with E-state index in [0.29, 0.717) is 22.8 Å². The maximum Gasteiger partial charge on any atom is 0.416 e. The second-order valence-corrected chi connectivity index (χ2v) is 8.22. The zero-order valence-corrected chi connectivity index (χ0v) is 16.9. The maximum atomic E-state index is 12.7. The molecule has 6 nitrogen and oxygen atoms in total. The van der Waals surface area contributed by atoms with Gasteiger partial charge >= 0.3 is 6.18 Å². The van der Waals surface area contributed by atoms with Gasteiger partial charge in [0.25, 0.3) is 0 Å². The van der Waals surface area contributed by atoms with Crippen LogP contribution in [0.4, 0.5) is 13.2 Å². The molecule has 0 aliphatic rings. The van der Waals surface area contributed by atoms with Crippen LogP contribution in [0.5, 0.6) is 5.75 Å². The summed E-state index contributed by atoms with van der Waals surface area (Å²) in [5.41, 5.74) is 1.52. The van der Waals surface area contributed by atoms with Crippen molar-refractivity contribution >= 4 is 10.0 Å². The minimum absolute atomic E-state index is 0.181. The number of sulfonamides is 1. The fraction of sp³-hybridized carbons (Fsp3) is 0.200. The van der Waals surface area contributed by atoms with Crippen molar-refractivity contribution in [2.45, 2.75) is 24.5 Å². The molecule has 158 valence electrons. The first-order valence-electron chi connectivity index (χ1n) is 8.73. The molecule has 0 unspecified atom stereocenters. The van der Waals surface area contributed by atoms with Gasteiger partial charge in [-0.3, -0.25) is 4.98 Å². The minimum atomic E-state index is -4.54. The van der Waals surface area contributed by atoms with Gasteiger partial charge in [0.2, 0.25) is 10.0 Å². The summed E-state index contributed by atoms with van der Waals surface area (Å²) < 4.78 is 70.5. The SMILES string of the molecule is COc1cc(CNS(=O)(=O)c2ccc(C(F)(F)F)cc2)nc(-c2cc(C)ccn2)c1. The fourth-order valence-electron chi connectivity index (χ4n) is 2.65. The van der Waals surface area contributed by atoms with Gasteiger partial charge < -0.3 is 4.74 Å². The molecule has 0 fully saturated rings. The van der Waals surface area contributed by atoms with Gasteiger partial charge in [-0.15, -0.1) is 0 Å². The number of rotatable bonds is 6. The number of methoxy groups -OCH3 is 1. The molecule has 0 atom stereocenters. The van der Waals surface area contributed by atoms with E-state index in [0.717, 1.165) is 29.8 Å². The molecule has 2 heterocycles. The van der Waals surface area contributed by atoms with Crippen LogP contribution in [0.15, 0.2) is 59.6 Å². The van der Waals surface area contributed by atoms with Crippen molar-refractivity contribution in [2.75, 3.05) is 7.11 Å². The van der Waals surface area contributed by atoms with Crippen LogP contribution in [0, 0.1) is 6.92 Å². The average molecular weight is 437 g/mol. The highest BCUT2D eigenvalue weighted by Gasteiger charge is 2.30. The topological polar surface area (TPSA) is 81.2 Å². The van der Waals surface area contributed by atoms with E-state index in [1.165, 1.54) is 7.11 Å². The van der Waals surface area contributed by atoms with E-state index in [1.54, 1.807) is 18.3 Å². The predicted octanol–water partition coefficient (Wildman–Crippen LogP) is 3.96. The van der Waals surface area contributed by atoms with E-state index in [4.69, 9.17) is 4.74 Å². The summed E-state index contributed by atoms with van der Waals surface area (Å²) in [6, 6.07) is 10.2. The number of pyridine rings is 2. The van der Waals surface area contributed by atoms with Crippen LogP contribution < -0.4 is 9.46 Å². The maximum absolute atomic E-state index is 12.7. The zero-order valence-electron chi connectivity index (χ0n) is 16.1. The first-order valence-corrected chi connectivity index (χ1v) is 10.2. The molecule has 0 amide bonds. The van der Waals surface area contributed by atoms with E-state index < -0.39 is 21.8 Å². The number of halogens is 3. The van der Waals surface area contributed by atoms with Gasteiger partial charge in [-0.2, -0.15) is 13.2 Å². The molecule has 0 radical (unpaired) electrons. The van der Waals surface area contributed by atoms with Gasteiger partial charge in [-0.25, -0.2) is 18.1 Å². The van der Waals surface area contributed by atoms with Crippen LogP contribution in [0.3, 0.4) is 0 Å². The normalized spacial score (nSPS) is 12.0. The van der Waals surface area contributed by atoms with Crippen LogP contribution in [-0.4, -0.2) is 25.5 Å². The Labute approximate surface area is 171 Å². The summed E-state index contributed by atoms with van der Waals surface area (Å²) in [5, 5.41) is 0. The molecule has 2 aromatic heterocycles. The fourth-order valence-corrected chi connectivity index (χ4v) is 3.65. The van der Waals surface area contributed by atoms with Gasteiger partial charge in [0.1, 0.15) is 5.75 Å². The molecule has 1 aromatic carbocycles. The zero-order chi connectivity index (χ0) is 21.9. The second kappa shape index (κ2) is 8.41. The van der Waals surface area contributed by atoms with Crippen molar-refractivity contribution < 1.29 is 26.3 Å². The Morgan fingerprint density at radius 3 is 2.33 bits per heavy atom. The Hall–Kier alpha value is -2.98. The molecular formula is C20H18F3N3O3S.